The minimum Gasteiger partial charge on any atom is -0.480 e. The van der Waals surface area contributed by atoms with Gasteiger partial charge in [-0.05, 0) is 12.8 Å². The molecule has 1 N–H and O–H groups in total. The van der Waals surface area contributed by atoms with Crippen LogP contribution < -0.4 is 0 Å². The number of nitrogens with zero attached hydrogens (tertiary/aromatic N) is 1. The summed E-state index contributed by atoms with van der Waals surface area (Å²) in [4.78, 5) is 24.3. The van der Waals surface area contributed by atoms with E-state index >= 15 is 0 Å². The molecule has 2 fully saturated rings. The van der Waals surface area contributed by atoms with Crippen molar-refractivity contribution in [1.29, 1.82) is 0 Å². The zero-order valence-electron chi connectivity index (χ0n) is 8.92. The van der Waals surface area contributed by atoms with Gasteiger partial charge in [-0.25, -0.2) is 4.79 Å². The Morgan fingerprint density at radius 2 is 2.31 bits per heavy atom. The molecule has 0 aromatic rings. The molecule has 2 rings (SSSR count). The molecule has 5 nitrogen and oxygen atoms in total. The highest BCUT2D eigenvalue weighted by Crippen LogP contribution is 2.24. The highest BCUT2D eigenvalue weighted by atomic mass is 32.2. The van der Waals surface area contributed by atoms with Crippen LogP contribution in [0.15, 0.2) is 0 Å². The quantitative estimate of drug-likeness (QED) is 0.786. The molecule has 2 saturated heterocycles. The topological polar surface area (TPSA) is 66.8 Å². The largest absolute Gasteiger partial charge is 0.480 e. The molecule has 6 heteroatoms. The molecule has 2 heterocycles. The second-order valence-corrected chi connectivity index (χ2v) is 5.06. The first-order chi connectivity index (χ1) is 7.68. The van der Waals surface area contributed by atoms with Crippen LogP contribution in [0, 0.1) is 0 Å². The van der Waals surface area contributed by atoms with E-state index in [-0.39, 0.29) is 12.0 Å². The van der Waals surface area contributed by atoms with Gasteiger partial charge in [-0.2, -0.15) is 0 Å². The lowest BCUT2D eigenvalue weighted by molar-refractivity contribution is -0.148. The van der Waals surface area contributed by atoms with Gasteiger partial charge < -0.3 is 14.7 Å². The number of hydrogen-bond donors (Lipinski definition) is 1. The first kappa shape index (κ1) is 11.7. The van der Waals surface area contributed by atoms with Gasteiger partial charge in [-0.1, -0.05) is 0 Å². The van der Waals surface area contributed by atoms with Crippen molar-refractivity contribution in [1.82, 2.24) is 4.90 Å². The number of rotatable bonds is 3. The molecule has 0 aliphatic carbocycles. The summed E-state index contributed by atoms with van der Waals surface area (Å²) in [6, 6.07) is -0.654. The van der Waals surface area contributed by atoms with E-state index in [9.17, 15) is 9.59 Å². The fraction of sp³-hybridized carbons (Fsp3) is 0.800. The summed E-state index contributed by atoms with van der Waals surface area (Å²) in [6.07, 6.45) is 2.22. The minimum atomic E-state index is -0.911. The zero-order valence-corrected chi connectivity index (χ0v) is 9.74. The van der Waals surface area contributed by atoms with Crippen LogP contribution >= 0.6 is 11.8 Å². The number of thioether (sulfide) groups is 1. The Morgan fingerprint density at radius 1 is 1.50 bits per heavy atom. The number of carboxylic acids is 1. The Labute approximate surface area is 98.1 Å². The van der Waals surface area contributed by atoms with Crippen molar-refractivity contribution in [3.8, 4) is 0 Å². The van der Waals surface area contributed by atoms with Crippen LogP contribution in [0.25, 0.3) is 0 Å². The Kier molecular flexibility index (Phi) is 3.70. The van der Waals surface area contributed by atoms with Gasteiger partial charge in [0, 0.05) is 12.4 Å². The fourth-order valence-electron chi connectivity index (χ4n) is 2.01. The zero-order chi connectivity index (χ0) is 11.5. The standard InChI is InChI=1S/C10H15NO4S/c12-9(4-7-2-1-3-15-7)11-6-16-5-8(11)10(13)14/h7-8H,1-6H2,(H,13,14)/t7?,8-/m0/s1. The van der Waals surface area contributed by atoms with E-state index in [2.05, 4.69) is 0 Å². The van der Waals surface area contributed by atoms with E-state index < -0.39 is 12.0 Å². The van der Waals surface area contributed by atoms with Crippen LogP contribution in [-0.4, -0.2) is 52.3 Å². The van der Waals surface area contributed by atoms with E-state index in [0.717, 1.165) is 19.4 Å². The van der Waals surface area contributed by atoms with Crippen molar-refractivity contribution in [2.24, 2.45) is 0 Å². The first-order valence-electron chi connectivity index (χ1n) is 5.40. The summed E-state index contributed by atoms with van der Waals surface area (Å²) in [7, 11) is 0. The maximum Gasteiger partial charge on any atom is 0.327 e. The monoisotopic (exact) mass is 245 g/mol. The number of carboxylic acid groups (broad SMARTS) is 1. The van der Waals surface area contributed by atoms with E-state index in [1.54, 1.807) is 0 Å². The van der Waals surface area contributed by atoms with Crippen molar-refractivity contribution in [2.75, 3.05) is 18.2 Å². The number of aliphatic carboxylic acids is 1. The average Bonchev–Trinajstić information content (AvgIpc) is 2.86. The van der Waals surface area contributed by atoms with Gasteiger partial charge in [0.2, 0.25) is 5.91 Å². The molecule has 0 bridgehead atoms. The number of hydrogen-bond acceptors (Lipinski definition) is 4. The van der Waals surface area contributed by atoms with Crippen molar-refractivity contribution >= 4 is 23.6 Å². The summed E-state index contributed by atoms with van der Waals surface area (Å²) >= 11 is 1.49. The molecular weight excluding hydrogens is 230 g/mol. The van der Waals surface area contributed by atoms with E-state index in [4.69, 9.17) is 9.84 Å². The molecular formula is C10H15NO4S. The molecule has 90 valence electrons. The summed E-state index contributed by atoms with van der Waals surface area (Å²) in [5.74, 6) is -0.0234. The van der Waals surface area contributed by atoms with Crippen LogP contribution in [0.4, 0.5) is 0 Å². The number of carbonyl (C=O) groups is 2. The molecule has 0 saturated carbocycles. The molecule has 2 aliphatic rings. The molecule has 1 amide bonds. The molecule has 0 spiro atoms. The predicted octanol–water partition coefficient (Wildman–Crippen LogP) is 0.542. The Bertz CT molecular complexity index is 291. The molecule has 0 aromatic carbocycles. The maximum absolute atomic E-state index is 11.9. The summed E-state index contributed by atoms with van der Waals surface area (Å²) < 4.78 is 5.38. The Balaban J connectivity index is 1.90. The first-order valence-corrected chi connectivity index (χ1v) is 6.55. The van der Waals surface area contributed by atoms with Crippen LogP contribution in [0.1, 0.15) is 19.3 Å². The maximum atomic E-state index is 11.9. The molecule has 2 atom stereocenters. The van der Waals surface area contributed by atoms with Gasteiger partial charge in [-0.15, -0.1) is 11.8 Å². The van der Waals surface area contributed by atoms with Crippen molar-refractivity contribution in [2.45, 2.75) is 31.4 Å². The highest BCUT2D eigenvalue weighted by Gasteiger charge is 2.35. The lowest BCUT2D eigenvalue weighted by Gasteiger charge is -2.21. The Hall–Kier alpha value is -0.750. The summed E-state index contributed by atoms with van der Waals surface area (Å²) in [6.45, 7) is 0.717. The van der Waals surface area contributed by atoms with Gasteiger partial charge in [0.05, 0.1) is 18.4 Å². The summed E-state index contributed by atoms with van der Waals surface area (Å²) in [5, 5.41) is 8.95. The van der Waals surface area contributed by atoms with Crippen molar-refractivity contribution in [3.05, 3.63) is 0 Å². The third-order valence-electron chi connectivity index (χ3n) is 2.91. The minimum absolute atomic E-state index is 0.00690. The second-order valence-electron chi connectivity index (χ2n) is 4.06. The van der Waals surface area contributed by atoms with Gasteiger partial charge in [0.1, 0.15) is 6.04 Å². The normalized spacial score (nSPS) is 29.6. The Morgan fingerprint density at radius 3 is 2.94 bits per heavy atom. The van der Waals surface area contributed by atoms with Gasteiger partial charge in [0.25, 0.3) is 0 Å². The predicted molar refractivity (Wildman–Crippen MR) is 59.2 cm³/mol. The van der Waals surface area contributed by atoms with Crippen LogP contribution in [-0.2, 0) is 14.3 Å². The van der Waals surface area contributed by atoms with Crippen molar-refractivity contribution < 1.29 is 19.4 Å². The third-order valence-corrected chi connectivity index (χ3v) is 3.93. The van der Waals surface area contributed by atoms with E-state index in [1.807, 2.05) is 0 Å². The molecule has 16 heavy (non-hydrogen) atoms. The third kappa shape index (κ3) is 2.49. The second kappa shape index (κ2) is 5.05. The molecule has 0 radical (unpaired) electrons. The average molecular weight is 245 g/mol. The molecule has 1 unspecified atom stereocenters. The number of carbonyl (C=O) groups excluding carboxylic acids is 1. The summed E-state index contributed by atoms with van der Waals surface area (Å²) in [5.41, 5.74) is 0. The molecule has 2 aliphatic heterocycles. The lowest BCUT2D eigenvalue weighted by Crippen LogP contribution is -2.42. The fourth-order valence-corrected chi connectivity index (χ4v) is 3.18. The van der Waals surface area contributed by atoms with E-state index in [0.29, 0.717) is 18.1 Å². The van der Waals surface area contributed by atoms with Gasteiger partial charge in [-0.3, -0.25) is 4.79 Å². The van der Waals surface area contributed by atoms with Gasteiger partial charge in [0.15, 0.2) is 0 Å². The van der Waals surface area contributed by atoms with Crippen LogP contribution in [0.2, 0.25) is 0 Å². The van der Waals surface area contributed by atoms with Crippen LogP contribution in [0.3, 0.4) is 0 Å². The highest BCUT2D eigenvalue weighted by molar-refractivity contribution is 7.99. The SMILES string of the molecule is O=C(O)[C@@H]1CSCN1C(=O)CC1CCCO1. The smallest absolute Gasteiger partial charge is 0.327 e. The lowest BCUT2D eigenvalue weighted by atomic mass is 10.1. The van der Waals surface area contributed by atoms with Crippen molar-refractivity contribution in [3.63, 3.8) is 0 Å². The van der Waals surface area contributed by atoms with Gasteiger partial charge >= 0.3 is 5.97 Å². The van der Waals surface area contributed by atoms with Crippen LogP contribution in [0.5, 0.6) is 0 Å². The number of ether oxygens (including phenoxy) is 1. The van der Waals surface area contributed by atoms with E-state index in [1.165, 1.54) is 16.7 Å². The molecule has 0 aromatic heterocycles. The number of amides is 1.